The quantitative estimate of drug-likeness (QED) is 0.579. The molecule has 0 bridgehead atoms. The van der Waals surface area contributed by atoms with E-state index in [2.05, 4.69) is 10.3 Å². The minimum Gasteiger partial charge on any atom is -0.467 e. The van der Waals surface area contributed by atoms with Crippen LogP contribution in [0.4, 0.5) is 0 Å². The highest BCUT2D eigenvalue weighted by atomic mass is 16.5. The molecular weight excluding hydrogens is 382 g/mol. The monoisotopic (exact) mass is 407 g/mol. The summed E-state index contributed by atoms with van der Waals surface area (Å²) in [6, 6.07) is 14.2. The number of nitrogens with one attached hydrogen (secondary N) is 1. The maximum absolute atomic E-state index is 12.6. The summed E-state index contributed by atoms with van der Waals surface area (Å²) in [5.41, 5.74) is 2.44. The van der Waals surface area contributed by atoms with Crippen molar-refractivity contribution in [3.05, 3.63) is 76.3 Å². The summed E-state index contributed by atoms with van der Waals surface area (Å²) in [4.78, 5) is 41.4. The van der Waals surface area contributed by atoms with Crippen molar-refractivity contribution in [3.63, 3.8) is 0 Å². The SMILES string of the molecule is COC(=O)[C@@H](Cc1ccccc1)NC(=O)CCCn1cnc2c(C)cccc2c1=O. The summed E-state index contributed by atoms with van der Waals surface area (Å²) < 4.78 is 6.33. The van der Waals surface area contributed by atoms with Crippen LogP contribution in [-0.4, -0.2) is 34.6 Å². The Hall–Kier alpha value is -3.48. The van der Waals surface area contributed by atoms with Gasteiger partial charge in [-0.05, 0) is 30.5 Å². The molecule has 30 heavy (non-hydrogen) atoms. The first-order valence-electron chi connectivity index (χ1n) is 9.85. The Kier molecular flexibility index (Phi) is 6.95. The van der Waals surface area contributed by atoms with Crippen LogP contribution in [0.2, 0.25) is 0 Å². The third-order valence-electron chi connectivity index (χ3n) is 4.96. The number of aromatic nitrogens is 2. The molecule has 1 aromatic heterocycles. The Morgan fingerprint density at radius 3 is 2.63 bits per heavy atom. The van der Waals surface area contributed by atoms with Gasteiger partial charge in [0.1, 0.15) is 6.04 Å². The van der Waals surface area contributed by atoms with E-state index in [0.717, 1.165) is 11.1 Å². The fourth-order valence-electron chi connectivity index (χ4n) is 3.36. The third-order valence-corrected chi connectivity index (χ3v) is 4.96. The number of para-hydroxylation sites is 1. The Balaban J connectivity index is 1.59. The number of aryl methyl sites for hydroxylation is 2. The molecule has 7 nitrogen and oxygen atoms in total. The van der Waals surface area contributed by atoms with Crippen LogP contribution >= 0.6 is 0 Å². The smallest absolute Gasteiger partial charge is 0.328 e. The second-order valence-electron chi connectivity index (χ2n) is 7.15. The fraction of sp³-hybridized carbons (Fsp3) is 0.304. The van der Waals surface area contributed by atoms with E-state index >= 15 is 0 Å². The van der Waals surface area contributed by atoms with Gasteiger partial charge in [-0.2, -0.15) is 0 Å². The highest BCUT2D eigenvalue weighted by Gasteiger charge is 2.21. The van der Waals surface area contributed by atoms with E-state index in [-0.39, 0.29) is 17.9 Å². The zero-order valence-electron chi connectivity index (χ0n) is 17.1. The van der Waals surface area contributed by atoms with E-state index in [1.165, 1.54) is 18.0 Å². The highest BCUT2D eigenvalue weighted by molar-refractivity contribution is 5.84. The predicted octanol–water partition coefficient (Wildman–Crippen LogP) is 2.39. The number of hydrogen-bond acceptors (Lipinski definition) is 5. The van der Waals surface area contributed by atoms with Gasteiger partial charge in [0.15, 0.2) is 0 Å². The minimum absolute atomic E-state index is 0.124. The molecule has 0 spiro atoms. The number of amides is 1. The van der Waals surface area contributed by atoms with Crippen molar-refractivity contribution < 1.29 is 14.3 Å². The maximum atomic E-state index is 12.6. The van der Waals surface area contributed by atoms with Crippen molar-refractivity contribution in [1.29, 1.82) is 0 Å². The number of rotatable bonds is 8. The van der Waals surface area contributed by atoms with Crippen LogP contribution in [0.15, 0.2) is 59.7 Å². The number of carbonyl (C=O) groups is 2. The average Bonchev–Trinajstić information content (AvgIpc) is 2.75. The normalized spacial score (nSPS) is 11.8. The van der Waals surface area contributed by atoms with Crippen LogP contribution < -0.4 is 10.9 Å². The zero-order chi connectivity index (χ0) is 21.5. The molecule has 2 aromatic carbocycles. The van der Waals surface area contributed by atoms with Gasteiger partial charge >= 0.3 is 5.97 Å². The summed E-state index contributed by atoms with van der Waals surface area (Å²) in [5, 5.41) is 3.30. The van der Waals surface area contributed by atoms with Crippen LogP contribution in [0.3, 0.4) is 0 Å². The topological polar surface area (TPSA) is 90.3 Å². The van der Waals surface area contributed by atoms with Gasteiger partial charge in [0, 0.05) is 19.4 Å². The molecule has 3 aromatic rings. The first-order chi connectivity index (χ1) is 14.5. The number of fused-ring (bicyclic) bond motifs is 1. The first-order valence-corrected chi connectivity index (χ1v) is 9.85. The fourth-order valence-corrected chi connectivity index (χ4v) is 3.36. The summed E-state index contributed by atoms with van der Waals surface area (Å²) in [7, 11) is 1.30. The molecule has 0 aliphatic rings. The number of hydrogen-bond donors (Lipinski definition) is 1. The van der Waals surface area contributed by atoms with E-state index < -0.39 is 12.0 Å². The molecule has 0 aliphatic heterocycles. The number of esters is 1. The van der Waals surface area contributed by atoms with Crippen molar-refractivity contribution in [1.82, 2.24) is 14.9 Å². The van der Waals surface area contributed by atoms with Gasteiger partial charge in [-0.3, -0.25) is 14.2 Å². The number of nitrogens with zero attached hydrogens (tertiary/aromatic N) is 2. The van der Waals surface area contributed by atoms with Gasteiger partial charge in [0.2, 0.25) is 5.91 Å². The molecule has 7 heteroatoms. The van der Waals surface area contributed by atoms with Crippen LogP contribution in [0.1, 0.15) is 24.0 Å². The van der Waals surface area contributed by atoms with Gasteiger partial charge in [-0.15, -0.1) is 0 Å². The van der Waals surface area contributed by atoms with Gasteiger partial charge in [-0.1, -0.05) is 42.5 Å². The second kappa shape index (κ2) is 9.82. The van der Waals surface area contributed by atoms with Crippen LogP contribution in [0.5, 0.6) is 0 Å². The number of methoxy groups -OCH3 is 1. The molecular formula is C23H25N3O4. The lowest BCUT2D eigenvalue weighted by Gasteiger charge is -2.16. The Morgan fingerprint density at radius 1 is 1.13 bits per heavy atom. The molecule has 156 valence electrons. The Bertz CT molecular complexity index is 1090. The molecule has 0 aliphatic carbocycles. The van der Waals surface area contributed by atoms with Gasteiger partial charge in [0.25, 0.3) is 5.56 Å². The lowest BCUT2D eigenvalue weighted by Crippen LogP contribution is -2.43. The number of benzene rings is 2. The lowest BCUT2D eigenvalue weighted by atomic mass is 10.1. The second-order valence-corrected chi connectivity index (χ2v) is 7.15. The highest BCUT2D eigenvalue weighted by Crippen LogP contribution is 2.11. The van der Waals surface area contributed by atoms with Gasteiger partial charge in [-0.25, -0.2) is 9.78 Å². The van der Waals surface area contributed by atoms with Crippen molar-refractivity contribution >= 4 is 22.8 Å². The Labute approximate surface area is 174 Å². The summed E-state index contributed by atoms with van der Waals surface area (Å²) in [6.45, 7) is 2.28. The number of carbonyl (C=O) groups excluding carboxylic acids is 2. The number of ether oxygens (including phenoxy) is 1. The molecule has 0 saturated heterocycles. The summed E-state index contributed by atoms with van der Waals surface area (Å²) in [6.07, 6.45) is 2.50. The molecule has 3 rings (SSSR count). The summed E-state index contributed by atoms with van der Waals surface area (Å²) >= 11 is 0. The van der Waals surface area contributed by atoms with Crippen molar-refractivity contribution in [2.45, 2.75) is 38.8 Å². The molecule has 0 fully saturated rings. The zero-order valence-corrected chi connectivity index (χ0v) is 17.1. The first kappa shape index (κ1) is 21.2. The molecule has 0 saturated carbocycles. The minimum atomic E-state index is -0.752. The van der Waals surface area contributed by atoms with E-state index in [1.807, 2.05) is 49.4 Å². The maximum Gasteiger partial charge on any atom is 0.328 e. The van der Waals surface area contributed by atoms with Crippen LogP contribution in [-0.2, 0) is 27.3 Å². The van der Waals surface area contributed by atoms with Crippen LogP contribution in [0.25, 0.3) is 10.9 Å². The standard InChI is InChI=1S/C23H25N3O4/c1-16-8-6-11-18-21(16)24-15-26(22(18)28)13-7-12-20(27)25-19(23(29)30-2)14-17-9-4-3-5-10-17/h3-6,8-11,15,19H,7,12-14H2,1-2H3,(H,25,27)/t19-/m1/s1. The summed E-state index contributed by atoms with van der Waals surface area (Å²) in [5.74, 6) is -0.753. The molecule has 1 N–H and O–H groups in total. The molecule has 0 radical (unpaired) electrons. The lowest BCUT2D eigenvalue weighted by molar-refractivity contribution is -0.145. The van der Waals surface area contributed by atoms with E-state index in [0.29, 0.717) is 30.3 Å². The molecule has 1 amide bonds. The van der Waals surface area contributed by atoms with E-state index in [4.69, 9.17) is 4.74 Å². The van der Waals surface area contributed by atoms with Crippen LogP contribution in [0, 0.1) is 6.92 Å². The van der Waals surface area contributed by atoms with Crippen molar-refractivity contribution in [2.75, 3.05) is 7.11 Å². The van der Waals surface area contributed by atoms with Gasteiger partial charge in [0.05, 0.1) is 24.3 Å². The van der Waals surface area contributed by atoms with Gasteiger partial charge < -0.3 is 10.1 Å². The Morgan fingerprint density at radius 2 is 1.90 bits per heavy atom. The molecule has 1 atom stereocenters. The molecule has 0 unspecified atom stereocenters. The predicted molar refractivity (Wildman–Crippen MR) is 114 cm³/mol. The van der Waals surface area contributed by atoms with Crippen molar-refractivity contribution in [3.8, 4) is 0 Å². The van der Waals surface area contributed by atoms with Crippen molar-refractivity contribution in [2.24, 2.45) is 0 Å². The third kappa shape index (κ3) is 5.11. The average molecular weight is 407 g/mol. The molecule has 1 heterocycles. The largest absolute Gasteiger partial charge is 0.467 e. The van der Waals surface area contributed by atoms with E-state index in [9.17, 15) is 14.4 Å². The van der Waals surface area contributed by atoms with E-state index in [1.54, 1.807) is 6.07 Å².